The van der Waals surface area contributed by atoms with Gasteiger partial charge in [0, 0.05) is 5.75 Å². The Bertz CT molecular complexity index is 1020. The van der Waals surface area contributed by atoms with E-state index in [1.807, 2.05) is 36.4 Å². The Balaban J connectivity index is 1.67. The summed E-state index contributed by atoms with van der Waals surface area (Å²) >= 11 is 2.70. The summed E-state index contributed by atoms with van der Waals surface area (Å²) in [6.45, 7) is 0. The zero-order chi connectivity index (χ0) is 14.9. The molecule has 0 aliphatic carbocycles. The lowest BCUT2D eigenvalue weighted by atomic mass is 10.2. The number of H-pyrrole nitrogens is 1. The number of aromatic nitrogens is 4. The van der Waals surface area contributed by atoms with Crippen molar-refractivity contribution in [2.45, 2.75) is 10.9 Å². The van der Waals surface area contributed by atoms with Gasteiger partial charge in [0.25, 0.3) is 5.56 Å². The van der Waals surface area contributed by atoms with Gasteiger partial charge in [0.15, 0.2) is 5.16 Å². The number of aromatic amines is 1. The SMILES string of the molecule is O=c1[nH]c(SCc2cccc3nsnc23)nc2ccccc12. The zero-order valence-electron chi connectivity index (χ0n) is 11.3. The summed E-state index contributed by atoms with van der Waals surface area (Å²) in [6, 6.07) is 13.3. The molecule has 0 aliphatic heterocycles. The molecule has 1 N–H and O–H groups in total. The van der Waals surface area contributed by atoms with E-state index in [1.54, 1.807) is 6.07 Å². The van der Waals surface area contributed by atoms with Crippen molar-refractivity contribution in [2.24, 2.45) is 0 Å². The fourth-order valence-corrected chi connectivity index (χ4v) is 3.68. The van der Waals surface area contributed by atoms with E-state index in [9.17, 15) is 4.79 Å². The summed E-state index contributed by atoms with van der Waals surface area (Å²) < 4.78 is 8.56. The maximum atomic E-state index is 12.1. The van der Waals surface area contributed by atoms with Crippen LogP contribution in [0.2, 0.25) is 0 Å². The van der Waals surface area contributed by atoms with Crippen molar-refractivity contribution >= 4 is 45.4 Å². The molecule has 22 heavy (non-hydrogen) atoms. The molecule has 0 atom stereocenters. The number of benzene rings is 2. The number of nitrogens with one attached hydrogen (secondary N) is 1. The van der Waals surface area contributed by atoms with Crippen LogP contribution in [0, 0.1) is 0 Å². The van der Waals surface area contributed by atoms with E-state index in [2.05, 4.69) is 18.7 Å². The van der Waals surface area contributed by atoms with Gasteiger partial charge in [-0.25, -0.2) is 4.98 Å². The molecule has 2 aromatic heterocycles. The zero-order valence-corrected chi connectivity index (χ0v) is 12.9. The van der Waals surface area contributed by atoms with Crippen molar-refractivity contribution in [3.05, 3.63) is 58.4 Å². The number of fused-ring (bicyclic) bond motifs is 2. The number of thioether (sulfide) groups is 1. The molecule has 0 radical (unpaired) electrons. The first-order chi connectivity index (χ1) is 10.8. The molecule has 4 rings (SSSR count). The fraction of sp³-hybridized carbons (Fsp3) is 0.0667. The molecule has 2 heterocycles. The average Bonchev–Trinajstić information content (AvgIpc) is 3.02. The Kier molecular flexibility index (Phi) is 3.36. The van der Waals surface area contributed by atoms with Crippen LogP contribution in [0.25, 0.3) is 21.9 Å². The molecule has 0 saturated heterocycles. The molecule has 5 nitrogen and oxygen atoms in total. The molecule has 7 heteroatoms. The highest BCUT2D eigenvalue weighted by atomic mass is 32.2. The standard InChI is InChI=1S/C15H10N4OS2/c20-14-10-5-1-2-6-11(10)16-15(17-14)21-8-9-4-3-7-12-13(9)19-22-18-12/h1-7H,8H2,(H,16,17,20). The van der Waals surface area contributed by atoms with Crippen molar-refractivity contribution in [3.63, 3.8) is 0 Å². The monoisotopic (exact) mass is 326 g/mol. The molecule has 4 aromatic rings. The molecule has 0 aliphatic rings. The quantitative estimate of drug-likeness (QED) is 0.462. The molecule has 0 bridgehead atoms. The van der Waals surface area contributed by atoms with Crippen LogP contribution in [0.1, 0.15) is 5.56 Å². The molecule has 0 fully saturated rings. The van der Waals surface area contributed by atoms with E-state index in [0.717, 1.165) is 16.6 Å². The Labute approximate surface area is 133 Å². The second kappa shape index (κ2) is 5.51. The van der Waals surface area contributed by atoms with E-state index in [-0.39, 0.29) is 5.56 Å². The van der Waals surface area contributed by atoms with Gasteiger partial charge in [-0.2, -0.15) is 8.75 Å². The second-order valence-corrected chi connectivity index (χ2v) is 6.22. The van der Waals surface area contributed by atoms with E-state index in [1.165, 1.54) is 23.5 Å². The average molecular weight is 326 g/mol. The van der Waals surface area contributed by atoms with E-state index in [0.29, 0.717) is 21.8 Å². The van der Waals surface area contributed by atoms with Gasteiger partial charge in [-0.1, -0.05) is 36.0 Å². The number of hydrogen-bond donors (Lipinski definition) is 1. The lowest BCUT2D eigenvalue weighted by Crippen LogP contribution is -2.08. The van der Waals surface area contributed by atoms with E-state index in [4.69, 9.17) is 0 Å². The molecule has 0 spiro atoms. The smallest absolute Gasteiger partial charge is 0.259 e. The first-order valence-corrected chi connectivity index (χ1v) is 8.35. The molecule has 0 unspecified atom stereocenters. The largest absolute Gasteiger partial charge is 0.301 e. The minimum atomic E-state index is -0.110. The van der Waals surface area contributed by atoms with Crippen LogP contribution >= 0.6 is 23.5 Å². The summed E-state index contributed by atoms with van der Waals surface area (Å²) in [4.78, 5) is 19.4. The molecular weight excluding hydrogens is 316 g/mol. The van der Waals surface area contributed by atoms with Crippen LogP contribution in [0.3, 0.4) is 0 Å². The lowest BCUT2D eigenvalue weighted by molar-refractivity contribution is 0.974. The normalized spacial score (nSPS) is 11.3. The van der Waals surface area contributed by atoms with Gasteiger partial charge in [0.05, 0.1) is 22.6 Å². The van der Waals surface area contributed by atoms with E-state index >= 15 is 0 Å². The Morgan fingerprint density at radius 3 is 2.86 bits per heavy atom. The Morgan fingerprint density at radius 2 is 1.91 bits per heavy atom. The summed E-state index contributed by atoms with van der Waals surface area (Å²) in [5.41, 5.74) is 3.52. The van der Waals surface area contributed by atoms with Gasteiger partial charge in [-0.3, -0.25) is 4.79 Å². The number of para-hydroxylation sites is 1. The van der Waals surface area contributed by atoms with Gasteiger partial charge < -0.3 is 4.98 Å². The first-order valence-electron chi connectivity index (χ1n) is 6.63. The molecule has 0 amide bonds. The van der Waals surface area contributed by atoms with Crippen LogP contribution < -0.4 is 5.56 Å². The number of nitrogens with zero attached hydrogens (tertiary/aromatic N) is 3. The number of rotatable bonds is 3. The predicted molar refractivity (Wildman–Crippen MR) is 89.3 cm³/mol. The molecule has 0 saturated carbocycles. The lowest BCUT2D eigenvalue weighted by Gasteiger charge is -2.03. The van der Waals surface area contributed by atoms with Gasteiger partial charge in [-0.15, -0.1) is 0 Å². The van der Waals surface area contributed by atoms with Gasteiger partial charge in [0.2, 0.25) is 0 Å². The topological polar surface area (TPSA) is 71.5 Å². The van der Waals surface area contributed by atoms with Crippen LogP contribution in [-0.2, 0) is 5.75 Å². The minimum Gasteiger partial charge on any atom is -0.301 e. The summed E-state index contributed by atoms with van der Waals surface area (Å²) in [5.74, 6) is 0.685. The first kappa shape index (κ1) is 13.4. The van der Waals surface area contributed by atoms with E-state index < -0.39 is 0 Å². The molecule has 108 valence electrons. The van der Waals surface area contributed by atoms with Gasteiger partial charge in [-0.05, 0) is 23.8 Å². The highest BCUT2D eigenvalue weighted by Crippen LogP contribution is 2.24. The van der Waals surface area contributed by atoms with Crippen LogP contribution in [-0.4, -0.2) is 18.7 Å². The third-order valence-corrected chi connectivity index (χ3v) is 4.79. The maximum Gasteiger partial charge on any atom is 0.259 e. The third-order valence-electron chi connectivity index (χ3n) is 3.33. The molecule has 2 aromatic carbocycles. The predicted octanol–water partition coefficient (Wildman–Crippen LogP) is 3.22. The summed E-state index contributed by atoms with van der Waals surface area (Å²) in [7, 11) is 0. The Hall–Kier alpha value is -2.25. The van der Waals surface area contributed by atoms with Gasteiger partial charge >= 0.3 is 0 Å². The van der Waals surface area contributed by atoms with Crippen LogP contribution in [0.15, 0.2) is 52.4 Å². The van der Waals surface area contributed by atoms with Gasteiger partial charge in [0.1, 0.15) is 11.0 Å². The Morgan fingerprint density at radius 1 is 1.05 bits per heavy atom. The second-order valence-electron chi connectivity index (χ2n) is 4.73. The fourth-order valence-electron chi connectivity index (χ4n) is 2.26. The van der Waals surface area contributed by atoms with Crippen molar-refractivity contribution in [3.8, 4) is 0 Å². The van der Waals surface area contributed by atoms with Crippen molar-refractivity contribution < 1.29 is 0 Å². The highest BCUT2D eigenvalue weighted by Gasteiger charge is 2.08. The van der Waals surface area contributed by atoms with Crippen LogP contribution in [0.5, 0.6) is 0 Å². The third kappa shape index (κ3) is 2.38. The summed E-state index contributed by atoms with van der Waals surface area (Å²) in [6.07, 6.45) is 0. The summed E-state index contributed by atoms with van der Waals surface area (Å²) in [5, 5.41) is 1.22. The maximum absolute atomic E-state index is 12.1. The van der Waals surface area contributed by atoms with Crippen molar-refractivity contribution in [2.75, 3.05) is 0 Å². The highest BCUT2D eigenvalue weighted by molar-refractivity contribution is 7.98. The number of hydrogen-bond acceptors (Lipinski definition) is 6. The minimum absolute atomic E-state index is 0.110. The van der Waals surface area contributed by atoms with Crippen LogP contribution in [0.4, 0.5) is 0 Å². The van der Waals surface area contributed by atoms with Crippen molar-refractivity contribution in [1.82, 2.24) is 18.7 Å². The molecular formula is C15H10N4OS2. The van der Waals surface area contributed by atoms with Crippen molar-refractivity contribution in [1.29, 1.82) is 0 Å².